The molecule has 0 fully saturated rings. The molecule has 0 amide bonds. The van der Waals surface area contributed by atoms with Gasteiger partial charge in [0.1, 0.15) is 17.0 Å². The number of carbonyl (C=O) groups excluding carboxylic acids is 1. The molecule has 5 heteroatoms. The Kier molecular flexibility index (Phi) is 3.72. The van der Waals surface area contributed by atoms with Crippen molar-refractivity contribution in [2.75, 3.05) is 6.61 Å². The largest absolute Gasteiger partial charge is 0.462 e. The minimum Gasteiger partial charge on any atom is -0.462 e. The zero-order chi connectivity index (χ0) is 16.7. The molecule has 0 atom stereocenters. The van der Waals surface area contributed by atoms with Gasteiger partial charge in [-0.2, -0.15) is 9.61 Å². The predicted molar refractivity (Wildman–Crippen MR) is 87.8 cm³/mol. The van der Waals surface area contributed by atoms with Gasteiger partial charge in [0.2, 0.25) is 5.71 Å². The first-order valence-electron chi connectivity index (χ1n) is 7.67. The number of fused-ring (bicyclic) bond motifs is 1. The first-order valence-corrected chi connectivity index (χ1v) is 7.67. The minimum absolute atomic E-state index is 0.319. The lowest BCUT2D eigenvalue weighted by Gasteiger charge is -2.05. The van der Waals surface area contributed by atoms with Crippen molar-refractivity contribution in [2.24, 2.45) is 0 Å². The van der Waals surface area contributed by atoms with E-state index >= 15 is 0 Å². The quantitative estimate of drug-likeness (QED) is 0.686. The van der Waals surface area contributed by atoms with Gasteiger partial charge < -0.3 is 9.15 Å². The highest BCUT2D eigenvalue weighted by molar-refractivity contribution is 5.97. The number of aryl methyl sites for hydroxylation is 4. The second-order valence-electron chi connectivity index (χ2n) is 5.72. The summed E-state index contributed by atoms with van der Waals surface area (Å²) in [6, 6.07) is 6.24. The van der Waals surface area contributed by atoms with E-state index in [1.54, 1.807) is 18.4 Å². The Balaban J connectivity index is 2.25. The third-order valence-electron chi connectivity index (χ3n) is 3.93. The van der Waals surface area contributed by atoms with Crippen LogP contribution >= 0.6 is 0 Å². The molecule has 3 aromatic rings. The summed E-state index contributed by atoms with van der Waals surface area (Å²) in [5.41, 5.74) is 5.70. The maximum atomic E-state index is 12.2. The van der Waals surface area contributed by atoms with Crippen LogP contribution in [0.15, 0.2) is 22.6 Å². The van der Waals surface area contributed by atoms with E-state index in [4.69, 9.17) is 9.15 Å². The average Bonchev–Trinajstić information content (AvgIpc) is 2.93. The smallest absolute Gasteiger partial charge is 0.345 e. The normalized spacial score (nSPS) is 11.2. The lowest BCUT2D eigenvalue weighted by atomic mass is 10.0. The van der Waals surface area contributed by atoms with Crippen molar-refractivity contribution in [1.82, 2.24) is 9.61 Å². The molecule has 0 N–H and O–H groups in total. The zero-order valence-corrected chi connectivity index (χ0v) is 14.1. The van der Waals surface area contributed by atoms with Crippen LogP contribution in [-0.4, -0.2) is 22.2 Å². The molecule has 120 valence electrons. The molecular weight excluding hydrogens is 292 g/mol. The highest BCUT2D eigenvalue weighted by Gasteiger charge is 2.25. The van der Waals surface area contributed by atoms with Crippen LogP contribution in [0.1, 0.15) is 39.9 Å². The number of carbonyl (C=O) groups is 1. The molecule has 0 spiro atoms. The van der Waals surface area contributed by atoms with Crippen LogP contribution in [0.5, 0.6) is 0 Å². The molecule has 2 aromatic heterocycles. The number of hydrogen-bond acceptors (Lipinski definition) is 4. The van der Waals surface area contributed by atoms with Crippen LogP contribution in [0.3, 0.4) is 0 Å². The Morgan fingerprint density at radius 1 is 1.26 bits per heavy atom. The van der Waals surface area contributed by atoms with Gasteiger partial charge >= 0.3 is 5.97 Å². The number of nitrogens with zero attached hydrogens (tertiary/aromatic N) is 2. The number of ether oxygens (including phenoxy) is 1. The molecule has 1 aromatic carbocycles. The van der Waals surface area contributed by atoms with Crippen molar-refractivity contribution in [1.29, 1.82) is 0 Å². The zero-order valence-electron chi connectivity index (χ0n) is 14.1. The summed E-state index contributed by atoms with van der Waals surface area (Å²) in [4.78, 5) is 12.2. The summed E-state index contributed by atoms with van der Waals surface area (Å²) >= 11 is 0. The fourth-order valence-electron chi connectivity index (χ4n) is 2.92. The van der Waals surface area contributed by atoms with Crippen LogP contribution < -0.4 is 0 Å². The molecule has 0 bridgehead atoms. The fourth-order valence-corrected chi connectivity index (χ4v) is 2.92. The Morgan fingerprint density at radius 2 is 2.00 bits per heavy atom. The molecule has 0 aliphatic rings. The SMILES string of the molecule is CCOC(=O)c1c(C)nn2c(-c3ccc(C)cc3C)c(C)oc12. The van der Waals surface area contributed by atoms with Gasteiger partial charge in [0, 0.05) is 5.56 Å². The highest BCUT2D eigenvalue weighted by atomic mass is 16.5. The molecule has 0 aliphatic carbocycles. The number of aromatic nitrogens is 2. The molecule has 0 unspecified atom stereocenters. The third-order valence-corrected chi connectivity index (χ3v) is 3.93. The van der Waals surface area contributed by atoms with Gasteiger partial charge in [-0.15, -0.1) is 0 Å². The number of hydrogen-bond donors (Lipinski definition) is 0. The number of esters is 1. The van der Waals surface area contributed by atoms with E-state index in [-0.39, 0.29) is 0 Å². The fraction of sp³-hybridized carbons (Fsp3) is 0.333. The van der Waals surface area contributed by atoms with Crippen molar-refractivity contribution < 1.29 is 13.9 Å². The van der Waals surface area contributed by atoms with Gasteiger partial charge in [0.05, 0.1) is 12.3 Å². The first-order chi connectivity index (χ1) is 10.9. The van der Waals surface area contributed by atoms with Crippen molar-refractivity contribution in [3.8, 4) is 11.3 Å². The van der Waals surface area contributed by atoms with Gasteiger partial charge in [0.25, 0.3) is 0 Å². The van der Waals surface area contributed by atoms with Gasteiger partial charge in [-0.1, -0.05) is 23.8 Å². The summed E-state index contributed by atoms with van der Waals surface area (Å²) in [5.74, 6) is 0.325. The molecule has 23 heavy (non-hydrogen) atoms. The topological polar surface area (TPSA) is 56.7 Å². The Bertz CT molecular complexity index is 903. The molecule has 0 saturated heterocycles. The van der Waals surface area contributed by atoms with Crippen molar-refractivity contribution >= 4 is 11.7 Å². The van der Waals surface area contributed by atoms with Crippen molar-refractivity contribution in [2.45, 2.75) is 34.6 Å². The summed E-state index contributed by atoms with van der Waals surface area (Å²) < 4.78 is 12.7. The predicted octanol–water partition coefficient (Wildman–Crippen LogP) is 4.00. The maximum Gasteiger partial charge on any atom is 0.345 e. The minimum atomic E-state index is -0.402. The van der Waals surface area contributed by atoms with Crippen LogP contribution in [-0.2, 0) is 4.74 Å². The number of oxazole rings is 1. The van der Waals surface area contributed by atoms with Crippen molar-refractivity contribution in [3.63, 3.8) is 0 Å². The van der Waals surface area contributed by atoms with Crippen LogP contribution in [0.2, 0.25) is 0 Å². The van der Waals surface area contributed by atoms with E-state index < -0.39 is 5.97 Å². The van der Waals surface area contributed by atoms with Crippen molar-refractivity contribution in [3.05, 3.63) is 46.3 Å². The number of rotatable bonds is 3. The van der Waals surface area contributed by atoms with Gasteiger partial charge in [0.15, 0.2) is 0 Å². The molecule has 5 nitrogen and oxygen atoms in total. The summed E-state index contributed by atoms with van der Waals surface area (Å²) in [7, 11) is 0. The van der Waals surface area contributed by atoms with Gasteiger partial charge in [-0.25, -0.2) is 4.79 Å². The third kappa shape index (κ3) is 2.42. The second-order valence-corrected chi connectivity index (χ2v) is 5.72. The highest BCUT2D eigenvalue weighted by Crippen LogP contribution is 2.32. The Morgan fingerprint density at radius 3 is 2.65 bits per heavy atom. The molecule has 0 radical (unpaired) electrons. The Hall–Kier alpha value is -2.56. The van der Waals surface area contributed by atoms with E-state index in [9.17, 15) is 4.79 Å². The lowest BCUT2D eigenvalue weighted by molar-refractivity contribution is 0.0526. The molecule has 3 rings (SSSR count). The summed E-state index contributed by atoms with van der Waals surface area (Å²) in [6.07, 6.45) is 0. The van der Waals surface area contributed by atoms with E-state index in [0.717, 1.165) is 22.6 Å². The standard InChI is InChI=1S/C18H20N2O3/c1-6-22-18(21)15-12(4)19-20-16(13(5)23-17(15)20)14-8-7-10(2)9-11(14)3/h7-9H,6H2,1-5H3. The average molecular weight is 312 g/mol. The lowest BCUT2D eigenvalue weighted by Crippen LogP contribution is -2.05. The summed E-state index contributed by atoms with van der Waals surface area (Å²) in [6.45, 7) is 9.89. The maximum absolute atomic E-state index is 12.2. The monoisotopic (exact) mass is 312 g/mol. The van der Waals surface area contributed by atoms with Crippen LogP contribution in [0.4, 0.5) is 0 Å². The second kappa shape index (κ2) is 5.57. The number of benzene rings is 1. The van der Waals surface area contributed by atoms with E-state index in [1.807, 2.05) is 6.92 Å². The van der Waals surface area contributed by atoms with E-state index in [2.05, 4.69) is 37.1 Å². The molecular formula is C18H20N2O3. The molecule has 0 aliphatic heterocycles. The van der Waals surface area contributed by atoms with E-state index in [0.29, 0.717) is 23.6 Å². The molecule has 0 saturated carbocycles. The van der Waals surface area contributed by atoms with E-state index in [1.165, 1.54) is 5.56 Å². The van der Waals surface area contributed by atoms with Crippen LogP contribution in [0.25, 0.3) is 17.0 Å². The first kappa shape index (κ1) is 15.3. The van der Waals surface area contributed by atoms with Gasteiger partial charge in [-0.05, 0) is 40.2 Å². The summed E-state index contributed by atoms with van der Waals surface area (Å²) in [5, 5.41) is 4.50. The van der Waals surface area contributed by atoms with Crippen LogP contribution in [0, 0.1) is 27.7 Å². The Labute approximate surface area is 134 Å². The van der Waals surface area contributed by atoms with Gasteiger partial charge in [-0.3, -0.25) is 0 Å². The molecule has 2 heterocycles.